The van der Waals surface area contributed by atoms with Gasteiger partial charge in [-0.15, -0.1) is 0 Å². The average molecular weight is 234 g/mol. The molecule has 2 aromatic rings. The fraction of sp³-hybridized carbons (Fsp3) is 0.308. The van der Waals surface area contributed by atoms with E-state index < -0.39 is 0 Å². The zero-order valence-electron chi connectivity index (χ0n) is 9.98. The van der Waals surface area contributed by atoms with Crippen molar-refractivity contribution < 1.29 is 9.18 Å². The molecule has 0 radical (unpaired) electrons. The Kier molecular flexibility index (Phi) is 3.13. The second-order valence-electron chi connectivity index (χ2n) is 3.82. The summed E-state index contributed by atoms with van der Waals surface area (Å²) >= 11 is 0. The summed E-state index contributed by atoms with van der Waals surface area (Å²) in [5, 5.41) is 0.480. The third kappa shape index (κ3) is 1.90. The highest BCUT2D eigenvalue weighted by molar-refractivity contribution is 5.91. The highest BCUT2D eigenvalue weighted by Gasteiger charge is 2.16. The molecule has 0 atom stereocenters. The number of aromatic nitrogens is 1. The lowest BCUT2D eigenvalue weighted by molar-refractivity contribution is 0.206. The smallest absolute Gasteiger partial charge is 0.325 e. The van der Waals surface area contributed by atoms with Crippen molar-refractivity contribution >= 4 is 16.9 Å². The SMILES string of the molecule is CCN(CC)C(=O)n1cc(F)c2ccccc21. The van der Waals surface area contributed by atoms with Gasteiger partial charge in [-0.05, 0) is 26.0 Å². The molecular formula is C13H15FN2O. The van der Waals surface area contributed by atoms with Gasteiger partial charge in [-0.1, -0.05) is 12.1 Å². The Morgan fingerprint density at radius 2 is 1.94 bits per heavy atom. The highest BCUT2D eigenvalue weighted by Crippen LogP contribution is 2.20. The van der Waals surface area contributed by atoms with E-state index in [0.29, 0.717) is 24.0 Å². The minimum atomic E-state index is -0.360. The van der Waals surface area contributed by atoms with Crippen LogP contribution in [0.1, 0.15) is 13.8 Å². The molecule has 0 fully saturated rings. The van der Waals surface area contributed by atoms with Gasteiger partial charge in [0.25, 0.3) is 0 Å². The molecule has 0 unspecified atom stereocenters. The van der Waals surface area contributed by atoms with Gasteiger partial charge in [-0.2, -0.15) is 0 Å². The predicted octanol–water partition coefficient (Wildman–Crippen LogP) is 3.09. The number of benzene rings is 1. The maximum atomic E-state index is 13.6. The topological polar surface area (TPSA) is 25.2 Å². The van der Waals surface area contributed by atoms with Crippen LogP contribution in [0.5, 0.6) is 0 Å². The number of carbonyl (C=O) groups excluding carboxylic acids is 1. The van der Waals surface area contributed by atoms with Crippen LogP contribution >= 0.6 is 0 Å². The fourth-order valence-corrected chi connectivity index (χ4v) is 1.94. The molecule has 17 heavy (non-hydrogen) atoms. The minimum absolute atomic E-state index is 0.185. The molecule has 0 spiro atoms. The largest absolute Gasteiger partial charge is 0.328 e. The van der Waals surface area contributed by atoms with Crippen molar-refractivity contribution in [2.45, 2.75) is 13.8 Å². The van der Waals surface area contributed by atoms with Crippen LogP contribution in [0.2, 0.25) is 0 Å². The first kappa shape index (κ1) is 11.6. The van der Waals surface area contributed by atoms with E-state index in [4.69, 9.17) is 0 Å². The average Bonchev–Trinajstić information content (AvgIpc) is 2.69. The minimum Gasteiger partial charge on any atom is -0.325 e. The summed E-state index contributed by atoms with van der Waals surface area (Å²) in [4.78, 5) is 13.8. The van der Waals surface area contributed by atoms with Gasteiger partial charge >= 0.3 is 6.03 Å². The summed E-state index contributed by atoms with van der Waals surface area (Å²) in [5.74, 6) is -0.360. The lowest BCUT2D eigenvalue weighted by atomic mass is 10.2. The number of para-hydroxylation sites is 1. The molecule has 0 aliphatic heterocycles. The zero-order valence-corrected chi connectivity index (χ0v) is 9.98. The Morgan fingerprint density at radius 1 is 1.29 bits per heavy atom. The number of carbonyl (C=O) groups is 1. The monoisotopic (exact) mass is 234 g/mol. The van der Waals surface area contributed by atoms with E-state index in [1.165, 1.54) is 10.8 Å². The second-order valence-corrected chi connectivity index (χ2v) is 3.82. The van der Waals surface area contributed by atoms with Crippen LogP contribution in [0.15, 0.2) is 30.5 Å². The molecule has 1 heterocycles. The summed E-state index contributed by atoms with van der Waals surface area (Å²) < 4.78 is 15.0. The van der Waals surface area contributed by atoms with Gasteiger partial charge in [0.05, 0.1) is 11.7 Å². The van der Waals surface area contributed by atoms with Gasteiger partial charge < -0.3 is 4.90 Å². The molecule has 0 N–H and O–H groups in total. The Balaban J connectivity index is 2.52. The lowest BCUT2D eigenvalue weighted by Crippen LogP contribution is -2.33. The number of amides is 1. The molecule has 1 aromatic carbocycles. The summed E-state index contributed by atoms with van der Waals surface area (Å²) in [6.07, 6.45) is 1.26. The second kappa shape index (κ2) is 4.57. The number of hydrogen-bond acceptors (Lipinski definition) is 1. The summed E-state index contributed by atoms with van der Waals surface area (Å²) in [5.41, 5.74) is 0.613. The molecular weight excluding hydrogens is 219 g/mol. The molecule has 90 valence electrons. The Hall–Kier alpha value is -1.84. The Labute approximate surface area is 99.4 Å². The van der Waals surface area contributed by atoms with Crippen molar-refractivity contribution in [3.63, 3.8) is 0 Å². The van der Waals surface area contributed by atoms with Crippen LogP contribution < -0.4 is 0 Å². The lowest BCUT2D eigenvalue weighted by Gasteiger charge is -2.19. The number of fused-ring (bicyclic) bond motifs is 1. The maximum absolute atomic E-state index is 13.6. The summed E-state index contributed by atoms with van der Waals surface area (Å²) in [7, 11) is 0. The third-order valence-corrected chi connectivity index (χ3v) is 2.90. The molecule has 0 aliphatic carbocycles. The molecule has 0 saturated heterocycles. The number of rotatable bonds is 2. The first-order chi connectivity index (χ1) is 8.19. The van der Waals surface area contributed by atoms with E-state index in [1.807, 2.05) is 13.8 Å². The van der Waals surface area contributed by atoms with Crippen molar-refractivity contribution in [3.8, 4) is 0 Å². The third-order valence-electron chi connectivity index (χ3n) is 2.90. The van der Waals surface area contributed by atoms with Crippen molar-refractivity contribution in [1.29, 1.82) is 0 Å². The van der Waals surface area contributed by atoms with Crippen molar-refractivity contribution in [2.24, 2.45) is 0 Å². The maximum Gasteiger partial charge on any atom is 0.328 e. The van der Waals surface area contributed by atoms with Crippen LogP contribution in [0.3, 0.4) is 0 Å². The Bertz CT molecular complexity index is 543. The van der Waals surface area contributed by atoms with E-state index in [0.717, 1.165) is 0 Å². The van der Waals surface area contributed by atoms with Gasteiger partial charge in [0.1, 0.15) is 5.82 Å². The van der Waals surface area contributed by atoms with E-state index in [9.17, 15) is 9.18 Å². The first-order valence-electron chi connectivity index (χ1n) is 5.73. The number of nitrogens with zero attached hydrogens (tertiary/aromatic N) is 2. The molecule has 0 bridgehead atoms. The van der Waals surface area contributed by atoms with Crippen LogP contribution in [-0.4, -0.2) is 28.6 Å². The van der Waals surface area contributed by atoms with E-state index >= 15 is 0 Å². The molecule has 4 heteroatoms. The first-order valence-corrected chi connectivity index (χ1v) is 5.73. The summed E-state index contributed by atoms with van der Waals surface area (Å²) in [6, 6.07) is 6.80. The van der Waals surface area contributed by atoms with Crippen LogP contribution in [0, 0.1) is 5.82 Å². The van der Waals surface area contributed by atoms with Gasteiger partial charge in [0, 0.05) is 18.5 Å². The van der Waals surface area contributed by atoms with Crippen molar-refractivity contribution in [2.75, 3.05) is 13.1 Å². The van der Waals surface area contributed by atoms with E-state index in [-0.39, 0.29) is 11.8 Å². The van der Waals surface area contributed by atoms with E-state index in [1.54, 1.807) is 29.2 Å². The molecule has 1 amide bonds. The van der Waals surface area contributed by atoms with Crippen molar-refractivity contribution in [1.82, 2.24) is 9.47 Å². The highest BCUT2D eigenvalue weighted by atomic mass is 19.1. The van der Waals surface area contributed by atoms with E-state index in [2.05, 4.69) is 0 Å². The molecule has 1 aromatic heterocycles. The van der Waals surface area contributed by atoms with Gasteiger partial charge in [0.15, 0.2) is 0 Å². The predicted molar refractivity (Wildman–Crippen MR) is 65.6 cm³/mol. The van der Waals surface area contributed by atoms with Gasteiger partial charge in [0.2, 0.25) is 0 Å². The van der Waals surface area contributed by atoms with Crippen LogP contribution in [0.25, 0.3) is 10.9 Å². The molecule has 0 saturated carbocycles. The van der Waals surface area contributed by atoms with Crippen LogP contribution in [-0.2, 0) is 0 Å². The fourth-order valence-electron chi connectivity index (χ4n) is 1.94. The molecule has 3 nitrogen and oxygen atoms in total. The van der Waals surface area contributed by atoms with Gasteiger partial charge in [-0.3, -0.25) is 4.57 Å². The quantitative estimate of drug-likeness (QED) is 0.783. The Morgan fingerprint density at radius 3 is 2.59 bits per heavy atom. The van der Waals surface area contributed by atoms with Gasteiger partial charge in [-0.25, -0.2) is 9.18 Å². The zero-order chi connectivity index (χ0) is 12.4. The number of halogens is 1. The summed E-state index contributed by atoms with van der Waals surface area (Å²) in [6.45, 7) is 5.04. The van der Waals surface area contributed by atoms with Crippen LogP contribution in [0.4, 0.5) is 9.18 Å². The normalized spacial score (nSPS) is 10.8. The standard InChI is InChI=1S/C13H15FN2O/c1-3-15(4-2)13(17)16-9-11(14)10-7-5-6-8-12(10)16/h5-9H,3-4H2,1-2H3. The molecule has 0 aliphatic rings. The number of hydrogen-bond donors (Lipinski definition) is 0. The molecule has 2 rings (SSSR count). The van der Waals surface area contributed by atoms with Crippen molar-refractivity contribution in [3.05, 3.63) is 36.3 Å².